The molecule has 0 aliphatic heterocycles. The van der Waals surface area contributed by atoms with Crippen molar-refractivity contribution in [2.75, 3.05) is 12.4 Å². The molecule has 1 aromatic carbocycles. The van der Waals surface area contributed by atoms with Crippen LogP contribution in [-0.4, -0.2) is 30.1 Å². The first kappa shape index (κ1) is 16.8. The Morgan fingerprint density at radius 1 is 1.24 bits per heavy atom. The molecule has 0 atom stereocenters. The van der Waals surface area contributed by atoms with Crippen LogP contribution in [0.4, 0.5) is 10.5 Å². The molecule has 0 unspecified atom stereocenters. The molecule has 1 fully saturated rings. The SMILES string of the molecule is COc1cc(CNC(=O)Nc2cccc(C(=O)NC3CC3)c2)ccn1. The van der Waals surface area contributed by atoms with Crippen LogP contribution in [0.3, 0.4) is 0 Å². The lowest BCUT2D eigenvalue weighted by Crippen LogP contribution is -2.28. The highest BCUT2D eigenvalue weighted by Gasteiger charge is 2.23. The van der Waals surface area contributed by atoms with Crippen LogP contribution in [0.1, 0.15) is 28.8 Å². The molecule has 1 aliphatic carbocycles. The van der Waals surface area contributed by atoms with Crippen LogP contribution in [-0.2, 0) is 6.54 Å². The molecular weight excluding hydrogens is 320 g/mol. The molecule has 0 radical (unpaired) electrons. The van der Waals surface area contributed by atoms with Gasteiger partial charge < -0.3 is 20.7 Å². The summed E-state index contributed by atoms with van der Waals surface area (Å²) in [6.07, 6.45) is 3.69. The number of urea groups is 1. The number of aromatic nitrogens is 1. The Hall–Kier alpha value is -3.09. The highest BCUT2D eigenvalue weighted by atomic mass is 16.5. The van der Waals surface area contributed by atoms with E-state index < -0.39 is 0 Å². The van der Waals surface area contributed by atoms with Gasteiger partial charge in [0.25, 0.3) is 5.91 Å². The lowest BCUT2D eigenvalue weighted by Gasteiger charge is -2.10. The molecule has 0 bridgehead atoms. The summed E-state index contributed by atoms with van der Waals surface area (Å²) in [7, 11) is 1.54. The third kappa shape index (κ3) is 4.94. The van der Waals surface area contributed by atoms with E-state index in [-0.39, 0.29) is 11.9 Å². The Morgan fingerprint density at radius 3 is 2.84 bits per heavy atom. The highest BCUT2D eigenvalue weighted by molar-refractivity contribution is 5.97. The molecule has 3 N–H and O–H groups in total. The fraction of sp³-hybridized carbons (Fsp3) is 0.278. The van der Waals surface area contributed by atoms with E-state index in [0.29, 0.717) is 29.7 Å². The van der Waals surface area contributed by atoms with Gasteiger partial charge in [-0.05, 0) is 42.7 Å². The van der Waals surface area contributed by atoms with E-state index in [1.54, 1.807) is 49.7 Å². The van der Waals surface area contributed by atoms with Gasteiger partial charge in [0, 0.05) is 36.1 Å². The Bertz CT molecular complexity index is 774. The van der Waals surface area contributed by atoms with Gasteiger partial charge in [-0.15, -0.1) is 0 Å². The zero-order chi connectivity index (χ0) is 17.6. The maximum absolute atomic E-state index is 12.0. The van der Waals surface area contributed by atoms with E-state index >= 15 is 0 Å². The number of rotatable bonds is 6. The number of nitrogens with zero attached hydrogens (tertiary/aromatic N) is 1. The predicted octanol–water partition coefficient (Wildman–Crippen LogP) is 2.30. The summed E-state index contributed by atoms with van der Waals surface area (Å²) in [6, 6.07) is 10.4. The van der Waals surface area contributed by atoms with E-state index in [9.17, 15) is 9.59 Å². The summed E-state index contributed by atoms with van der Waals surface area (Å²) in [5, 5.41) is 8.41. The summed E-state index contributed by atoms with van der Waals surface area (Å²) in [4.78, 5) is 28.1. The van der Waals surface area contributed by atoms with Gasteiger partial charge in [0.1, 0.15) is 0 Å². The second-order valence-corrected chi connectivity index (χ2v) is 5.84. The fourth-order valence-electron chi connectivity index (χ4n) is 2.26. The lowest BCUT2D eigenvalue weighted by molar-refractivity contribution is 0.0951. The number of methoxy groups -OCH3 is 1. The normalized spacial score (nSPS) is 13.0. The maximum Gasteiger partial charge on any atom is 0.319 e. The minimum atomic E-state index is -0.351. The molecule has 1 aromatic heterocycles. The van der Waals surface area contributed by atoms with Gasteiger partial charge in [0.05, 0.1) is 7.11 Å². The molecule has 3 amide bonds. The summed E-state index contributed by atoms with van der Waals surface area (Å²) < 4.78 is 5.05. The third-order valence-electron chi connectivity index (χ3n) is 3.76. The molecule has 25 heavy (non-hydrogen) atoms. The number of hydrogen-bond acceptors (Lipinski definition) is 4. The van der Waals surface area contributed by atoms with Gasteiger partial charge in [-0.2, -0.15) is 0 Å². The van der Waals surface area contributed by atoms with Crippen molar-refractivity contribution in [1.29, 1.82) is 0 Å². The average Bonchev–Trinajstić information content (AvgIpc) is 3.44. The predicted molar refractivity (Wildman–Crippen MR) is 93.6 cm³/mol. The van der Waals surface area contributed by atoms with Crippen molar-refractivity contribution in [2.24, 2.45) is 0 Å². The first-order valence-corrected chi connectivity index (χ1v) is 8.09. The second kappa shape index (κ2) is 7.65. The zero-order valence-electron chi connectivity index (χ0n) is 13.9. The van der Waals surface area contributed by atoms with Crippen LogP contribution in [0, 0.1) is 0 Å². The fourth-order valence-corrected chi connectivity index (χ4v) is 2.26. The molecule has 1 aliphatic rings. The molecule has 0 saturated heterocycles. The van der Waals surface area contributed by atoms with Gasteiger partial charge in [0.2, 0.25) is 5.88 Å². The van der Waals surface area contributed by atoms with E-state index in [1.165, 1.54) is 0 Å². The number of carbonyl (C=O) groups excluding carboxylic acids is 2. The minimum Gasteiger partial charge on any atom is -0.481 e. The average molecular weight is 340 g/mol. The van der Waals surface area contributed by atoms with Crippen molar-refractivity contribution in [3.8, 4) is 5.88 Å². The molecule has 1 heterocycles. The molecule has 2 aromatic rings. The van der Waals surface area contributed by atoms with Crippen molar-refractivity contribution in [1.82, 2.24) is 15.6 Å². The van der Waals surface area contributed by atoms with E-state index in [2.05, 4.69) is 20.9 Å². The van der Waals surface area contributed by atoms with Crippen molar-refractivity contribution in [2.45, 2.75) is 25.4 Å². The van der Waals surface area contributed by atoms with E-state index in [1.807, 2.05) is 0 Å². The Labute approximate surface area is 145 Å². The molecule has 3 rings (SSSR count). The lowest BCUT2D eigenvalue weighted by atomic mass is 10.2. The Balaban J connectivity index is 1.54. The number of amides is 3. The third-order valence-corrected chi connectivity index (χ3v) is 3.76. The number of nitrogens with one attached hydrogen (secondary N) is 3. The number of carbonyl (C=O) groups is 2. The van der Waals surface area contributed by atoms with Gasteiger partial charge in [-0.1, -0.05) is 6.07 Å². The van der Waals surface area contributed by atoms with E-state index in [4.69, 9.17) is 4.74 Å². The number of hydrogen-bond donors (Lipinski definition) is 3. The molecule has 1 saturated carbocycles. The van der Waals surface area contributed by atoms with Crippen LogP contribution in [0.15, 0.2) is 42.6 Å². The first-order valence-electron chi connectivity index (χ1n) is 8.09. The second-order valence-electron chi connectivity index (χ2n) is 5.84. The van der Waals surface area contributed by atoms with Crippen LogP contribution >= 0.6 is 0 Å². The number of pyridine rings is 1. The van der Waals surface area contributed by atoms with Gasteiger partial charge >= 0.3 is 6.03 Å². The summed E-state index contributed by atoms with van der Waals surface area (Å²) in [5.74, 6) is 0.379. The molecular formula is C18H20N4O3. The van der Waals surface area contributed by atoms with Crippen molar-refractivity contribution < 1.29 is 14.3 Å². The van der Waals surface area contributed by atoms with Crippen LogP contribution < -0.4 is 20.7 Å². The van der Waals surface area contributed by atoms with Crippen molar-refractivity contribution in [3.63, 3.8) is 0 Å². The summed E-state index contributed by atoms with van der Waals surface area (Å²) in [5.41, 5.74) is 1.97. The number of ether oxygens (including phenoxy) is 1. The minimum absolute atomic E-state index is 0.115. The van der Waals surface area contributed by atoms with Gasteiger partial charge in [-0.3, -0.25) is 4.79 Å². The monoisotopic (exact) mass is 340 g/mol. The number of anilines is 1. The van der Waals surface area contributed by atoms with Crippen LogP contribution in [0.2, 0.25) is 0 Å². The zero-order valence-corrected chi connectivity index (χ0v) is 13.9. The van der Waals surface area contributed by atoms with Crippen molar-refractivity contribution in [3.05, 3.63) is 53.7 Å². The Morgan fingerprint density at radius 2 is 2.08 bits per heavy atom. The first-order chi connectivity index (χ1) is 12.1. The maximum atomic E-state index is 12.0. The molecule has 7 nitrogen and oxygen atoms in total. The highest BCUT2D eigenvalue weighted by Crippen LogP contribution is 2.20. The topological polar surface area (TPSA) is 92.4 Å². The summed E-state index contributed by atoms with van der Waals surface area (Å²) >= 11 is 0. The largest absolute Gasteiger partial charge is 0.481 e. The van der Waals surface area contributed by atoms with Gasteiger partial charge in [-0.25, -0.2) is 9.78 Å². The molecule has 0 spiro atoms. The van der Waals surface area contributed by atoms with Crippen LogP contribution in [0.5, 0.6) is 5.88 Å². The number of benzene rings is 1. The summed E-state index contributed by atoms with van der Waals surface area (Å²) in [6.45, 7) is 0.340. The molecule has 130 valence electrons. The quantitative estimate of drug-likeness (QED) is 0.752. The van der Waals surface area contributed by atoms with Crippen LogP contribution in [0.25, 0.3) is 0 Å². The smallest absolute Gasteiger partial charge is 0.319 e. The standard InChI is InChI=1S/C18H20N4O3/c1-25-16-9-12(7-8-19-16)11-20-18(24)22-15-4-2-3-13(10-15)17(23)21-14-5-6-14/h2-4,7-10,14H,5-6,11H2,1H3,(H,21,23)(H2,20,22,24). The molecule has 7 heteroatoms. The van der Waals surface area contributed by atoms with Gasteiger partial charge in [0.15, 0.2) is 0 Å². The Kier molecular flexibility index (Phi) is 5.13. The van der Waals surface area contributed by atoms with Crippen molar-refractivity contribution >= 4 is 17.6 Å². The van der Waals surface area contributed by atoms with E-state index in [0.717, 1.165) is 18.4 Å².